The first kappa shape index (κ1) is 14.7. The highest BCUT2D eigenvalue weighted by Crippen LogP contribution is 2.07. The zero-order valence-corrected chi connectivity index (χ0v) is 12.1. The first-order valence-corrected chi connectivity index (χ1v) is 6.99. The van der Waals surface area contributed by atoms with Gasteiger partial charge in [-0.15, -0.1) is 0 Å². The van der Waals surface area contributed by atoms with Gasteiger partial charge >= 0.3 is 0 Å². The zero-order valence-electron chi connectivity index (χ0n) is 11.3. The summed E-state index contributed by atoms with van der Waals surface area (Å²) in [5.74, 6) is 0. The SMILES string of the molecule is NCc1cccc(CNC(=S)c2cccc(CN)c2)c1. The van der Waals surface area contributed by atoms with E-state index in [4.69, 9.17) is 23.7 Å². The van der Waals surface area contributed by atoms with Crippen LogP contribution in [0, 0.1) is 0 Å². The van der Waals surface area contributed by atoms with Crippen molar-refractivity contribution in [3.8, 4) is 0 Å². The summed E-state index contributed by atoms with van der Waals surface area (Å²) in [7, 11) is 0. The van der Waals surface area contributed by atoms with Gasteiger partial charge in [-0.25, -0.2) is 0 Å². The Morgan fingerprint density at radius 1 is 0.900 bits per heavy atom. The van der Waals surface area contributed by atoms with Gasteiger partial charge in [0.15, 0.2) is 0 Å². The van der Waals surface area contributed by atoms with Crippen LogP contribution in [0.5, 0.6) is 0 Å². The minimum Gasteiger partial charge on any atom is -0.372 e. The summed E-state index contributed by atoms with van der Waals surface area (Å²) in [5.41, 5.74) is 15.7. The van der Waals surface area contributed by atoms with Gasteiger partial charge in [-0.3, -0.25) is 0 Å². The molecule has 0 aliphatic carbocycles. The molecule has 2 aromatic carbocycles. The van der Waals surface area contributed by atoms with E-state index in [1.807, 2.05) is 36.4 Å². The maximum absolute atomic E-state index is 5.64. The molecule has 0 aliphatic heterocycles. The summed E-state index contributed by atoms with van der Waals surface area (Å²) in [6.45, 7) is 1.77. The van der Waals surface area contributed by atoms with Crippen LogP contribution in [0.25, 0.3) is 0 Å². The molecule has 0 aromatic heterocycles. The molecule has 2 aromatic rings. The lowest BCUT2D eigenvalue weighted by atomic mass is 10.1. The number of nitrogens with one attached hydrogen (secondary N) is 1. The van der Waals surface area contributed by atoms with E-state index < -0.39 is 0 Å². The Morgan fingerprint density at radius 3 is 2.20 bits per heavy atom. The lowest BCUT2D eigenvalue weighted by Gasteiger charge is -2.10. The first-order valence-electron chi connectivity index (χ1n) is 6.58. The van der Waals surface area contributed by atoms with E-state index in [2.05, 4.69) is 17.4 Å². The average molecular weight is 285 g/mol. The van der Waals surface area contributed by atoms with Crippen molar-refractivity contribution in [1.82, 2.24) is 5.32 Å². The predicted octanol–water partition coefficient (Wildman–Crippen LogP) is 2.07. The van der Waals surface area contributed by atoms with E-state index in [-0.39, 0.29) is 0 Å². The van der Waals surface area contributed by atoms with Gasteiger partial charge < -0.3 is 16.8 Å². The molecular weight excluding hydrogens is 266 g/mol. The highest BCUT2D eigenvalue weighted by atomic mass is 32.1. The second-order valence-corrected chi connectivity index (χ2v) is 5.02. The molecule has 0 bridgehead atoms. The molecule has 0 atom stereocenters. The zero-order chi connectivity index (χ0) is 14.4. The summed E-state index contributed by atoms with van der Waals surface area (Å²) < 4.78 is 0. The van der Waals surface area contributed by atoms with Crippen LogP contribution in [0.4, 0.5) is 0 Å². The normalized spacial score (nSPS) is 10.3. The van der Waals surface area contributed by atoms with Crippen molar-refractivity contribution in [1.29, 1.82) is 0 Å². The molecule has 0 saturated heterocycles. The maximum atomic E-state index is 5.64. The van der Waals surface area contributed by atoms with Gasteiger partial charge in [0.25, 0.3) is 0 Å². The topological polar surface area (TPSA) is 64.1 Å². The smallest absolute Gasteiger partial charge is 0.106 e. The molecule has 3 nitrogen and oxygen atoms in total. The molecule has 0 saturated carbocycles. The van der Waals surface area contributed by atoms with Crippen LogP contribution >= 0.6 is 12.2 Å². The summed E-state index contributed by atoms with van der Waals surface area (Å²) in [6.07, 6.45) is 0. The molecule has 20 heavy (non-hydrogen) atoms. The van der Waals surface area contributed by atoms with E-state index in [1.165, 1.54) is 5.56 Å². The summed E-state index contributed by atoms with van der Waals surface area (Å²) in [4.78, 5) is 0.735. The molecule has 0 amide bonds. The van der Waals surface area contributed by atoms with Crippen LogP contribution in [0.2, 0.25) is 0 Å². The van der Waals surface area contributed by atoms with Crippen LogP contribution in [-0.4, -0.2) is 4.99 Å². The molecule has 0 spiro atoms. The molecule has 2 rings (SSSR count). The molecule has 4 heteroatoms. The van der Waals surface area contributed by atoms with E-state index in [0.717, 1.165) is 21.7 Å². The van der Waals surface area contributed by atoms with Crippen molar-refractivity contribution in [3.63, 3.8) is 0 Å². The third-order valence-corrected chi connectivity index (χ3v) is 3.49. The lowest BCUT2D eigenvalue weighted by Crippen LogP contribution is -2.22. The first-order chi connectivity index (χ1) is 9.72. The number of nitrogens with two attached hydrogens (primary N) is 2. The fourth-order valence-electron chi connectivity index (χ4n) is 1.99. The molecule has 0 fully saturated rings. The fourth-order valence-corrected chi connectivity index (χ4v) is 2.19. The third-order valence-electron chi connectivity index (χ3n) is 3.11. The van der Waals surface area contributed by atoms with Crippen molar-refractivity contribution >= 4 is 17.2 Å². The Kier molecular flexibility index (Phi) is 5.24. The second kappa shape index (κ2) is 7.14. The van der Waals surface area contributed by atoms with Crippen LogP contribution in [0.3, 0.4) is 0 Å². The van der Waals surface area contributed by atoms with E-state index in [9.17, 15) is 0 Å². The number of hydrogen-bond donors (Lipinski definition) is 3. The summed E-state index contributed by atoms with van der Waals surface area (Å²) in [5, 5.41) is 3.27. The Hall–Kier alpha value is -1.75. The monoisotopic (exact) mass is 285 g/mol. The van der Waals surface area contributed by atoms with Crippen molar-refractivity contribution in [2.24, 2.45) is 11.5 Å². The minimum atomic E-state index is 0.523. The quantitative estimate of drug-likeness (QED) is 0.736. The van der Waals surface area contributed by atoms with Gasteiger partial charge in [-0.2, -0.15) is 0 Å². The molecule has 0 aliphatic rings. The fraction of sp³-hybridized carbons (Fsp3) is 0.188. The molecule has 0 radical (unpaired) electrons. The highest BCUT2D eigenvalue weighted by molar-refractivity contribution is 7.80. The maximum Gasteiger partial charge on any atom is 0.106 e. The summed E-state index contributed by atoms with van der Waals surface area (Å²) in [6, 6.07) is 16.2. The van der Waals surface area contributed by atoms with Crippen molar-refractivity contribution in [2.75, 3.05) is 0 Å². The van der Waals surface area contributed by atoms with Crippen LogP contribution in [0.1, 0.15) is 22.3 Å². The Labute approximate surface area is 125 Å². The molecule has 5 N–H and O–H groups in total. The third kappa shape index (κ3) is 3.87. The number of thiocarbonyl (C=S) groups is 1. The van der Waals surface area contributed by atoms with Crippen LogP contribution < -0.4 is 16.8 Å². The highest BCUT2D eigenvalue weighted by Gasteiger charge is 2.02. The molecule has 0 unspecified atom stereocenters. The van der Waals surface area contributed by atoms with Gasteiger partial charge in [0.1, 0.15) is 4.99 Å². The largest absolute Gasteiger partial charge is 0.372 e. The van der Waals surface area contributed by atoms with Gasteiger partial charge in [0.2, 0.25) is 0 Å². The summed E-state index contributed by atoms with van der Waals surface area (Å²) >= 11 is 5.41. The van der Waals surface area contributed by atoms with Gasteiger partial charge in [-0.05, 0) is 22.8 Å². The number of benzene rings is 2. The van der Waals surface area contributed by atoms with Crippen molar-refractivity contribution in [2.45, 2.75) is 19.6 Å². The van der Waals surface area contributed by atoms with Gasteiger partial charge in [0, 0.05) is 25.2 Å². The number of hydrogen-bond acceptors (Lipinski definition) is 3. The van der Waals surface area contributed by atoms with Gasteiger partial charge in [0.05, 0.1) is 0 Å². The van der Waals surface area contributed by atoms with Crippen molar-refractivity contribution < 1.29 is 0 Å². The van der Waals surface area contributed by atoms with E-state index in [1.54, 1.807) is 0 Å². The Bertz CT molecular complexity index is 596. The minimum absolute atomic E-state index is 0.523. The van der Waals surface area contributed by atoms with E-state index in [0.29, 0.717) is 19.6 Å². The second-order valence-electron chi connectivity index (χ2n) is 4.61. The standard InChI is InChI=1S/C16H19N3S/c17-9-12-3-1-5-14(7-12)11-19-16(20)15-6-2-4-13(8-15)10-18/h1-8H,9-11,17-18H2,(H,19,20). The Balaban J connectivity index is 2.00. The molecule has 0 heterocycles. The predicted molar refractivity (Wildman–Crippen MR) is 87.2 cm³/mol. The van der Waals surface area contributed by atoms with E-state index >= 15 is 0 Å². The molecule has 104 valence electrons. The lowest BCUT2D eigenvalue weighted by molar-refractivity contribution is 0.920. The van der Waals surface area contributed by atoms with Crippen LogP contribution in [-0.2, 0) is 19.6 Å². The van der Waals surface area contributed by atoms with Crippen molar-refractivity contribution in [3.05, 3.63) is 70.8 Å². The number of rotatable bonds is 5. The molecular formula is C16H19N3S. The van der Waals surface area contributed by atoms with Gasteiger partial charge in [-0.1, -0.05) is 54.7 Å². The Morgan fingerprint density at radius 2 is 1.50 bits per heavy atom. The van der Waals surface area contributed by atoms with Crippen LogP contribution in [0.15, 0.2) is 48.5 Å². The average Bonchev–Trinajstić information content (AvgIpc) is 2.52.